The minimum absolute atomic E-state index is 0.147. The van der Waals surface area contributed by atoms with Gasteiger partial charge in [0.05, 0.1) is 19.1 Å². The minimum Gasteiger partial charge on any atom is -0.432 e. The molecule has 11 heteroatoms. The first kappa shape index (κ1) is 34.9. The van der Waals surface area contributed by atoms with Crippen molar-refractivity contribution < 1.29 is 49.3 Å². The number of hydrogen-bond acceptors (Lipinski definition) is 3. The first-order valence-electron chi connectivity index (χ1n) is 16.5. The Kier molecular flexibility index (Phi) is 11.2. The topological polar surface area (TPSA) is 27.7 Å². The molecule has 2 saturated carbocycles. The zero-order valence-corrected chi connectivity index (χ0v) is 26.0. The van der Waals surface area contributed by atoms with Crippen molar-refractivity contribution in [1.82, 2.24) is 0 Å². The van der Waals surface area contributed by atoms with Gasteiger partial charge in [0.25, 0.3) is 0 Å². The Morgan fingerprint density at radius 1 is 0.717 bits per heavy atom. The average Bonchev–Trinajstić information content (AvgIpc) is 3.00. The van der Waals surface area contributed by atoms with Gasteiger partial charge in [0.2, 0.25) is 0 Å². The van der Waals surface area contributed by atoms with Gasteiger partial charge < -0.3 is 14.2 Å². The molecule has 3 nitrogen and oxygen atoms in total. The van der Waals surface area contributed by atoms with Crippen LogP contribution in [-0.4, -0.2) is 25.6 Å². The Hall–Kier alpha value is -2.40. The van der Waals surface area contributed by atoms with Crippen molar-refractivity contribution in [3.8, 4) is 16.9 Å². The Bertz CT molecular complexity index is 1270. The van der Waals surface area contributed by atoms with E-state index >= 15 is 8.78 Å². The number of rotatable bonds is 10. The summed E-state index contributed by atoms with van der Waals surface area (Å²) in [5.74, 6) is -4.86. The SMILES string of the molecule is CCCCCC1COC(C2CCC(C3CCC(C(F)(F)Oc4ccc(-c5cc(F)c(C(F)(F)F)c(F)c5)c(F)c4)CC3)CC2)OC1. The van der Waals surface area contributed by atoms with Crippen molar-refractivity contribution in [2.75, 3.05) is 13.2 Å². The molecule has 46 heavy (non-hydrogen) atoms. The van der Waals surface area contributed by atoms with Crippen LogP contribution >= 0.6 is 0 Å². The molecule has 0 bridgehead atoms. The fraction of sp³-hybridized carbons (Fsp3) is 0.657. The van der Waals surface area contributed by atoms with Crippen molar-refractivity contribution >= 4 is 0 Å². The fourth-order valence-electron chi connectivity index (χ4n) is 7.53. The third-order valence-corrected chi connectivity index (χ3v) is 10.2. The Labute approximate surface area is 265 Å². The van der Waals surface area contributed by atoms with E-state index in [-0.39, 0.29) is 19.1 Å². The highest BCUT2D eigenvalue weighted by atomic mass is 19.4. The molecule has 1 saturated heterocycles. The fourth-order valence-corrected chi connectivity index (χ4v) is 7.53. The molecule has 0 radical (unpaired) electrons. The molecule has 1 aliphatic heterocycles. The molecular weight excluding hydrogens is 620 g/mol. The number of hydrogen-bond donors (Lipinski definition) is 0. The maximum atomic E-state index is 15.2. The lowest BCUT2D eigenvalue weighted by Crippen LogP contribution is -2.40. The van der Waals surface area contributed by atoms with Crippen molar-refractivity contribution in [2.24, 2.45) is 29.6 Å². The van der Waals surface area contributed by atoms with Crippen molar-refractivity contribution in [1.29, 1.82) is 0 Å². The van der Waals surface area contributed by atoms with Gasteiger partial charge in [-0.2, -0.15) is 22.0 Å². The summed E-state index contributed by atoms with van der Waals surface area (Å²) in [6.45, 7) is 3.70. The van der Waals surface area contributed by atoms with Crippen molar-refractivity contribution in [2.45, 2.75) is 103 Å². The normalized spacial score (nSPS) is 27.8. The molecule has 1 heterocycles. The predicted molar refractivity (Wildman–Crippen MR) is 157 cm³/mol. The summed E-state index contributed by atoms with van der Waals surface area (Å²) in [4.78, 5) is 0. The summed E-state index contributed by atoms with van der Waals surface area (Å²) in [6.07, 6.45) is 1.64. The van der Waals surface area contributed by atoms with Gasteiger partial charge in [-0.3, -0.25) is 0 Å². The van der Waals surface area contributed by atoms with Crippen LogP contribution in [0.3, 0.4) is 0 Å². The molecule has 0 aromatic heterocycles. The van der Waals surface area contributed by atoms with E-state index in [0.717, 1.165) is 57.5 Å². The molecule has 3 aliphatic rings. The van der Waals surface area contributed by atoms with Crippen LogP contribution in [0.5, 0.6) is 5.75 Å². The number of ether oxygens (including phenoxy) is 3. The second kappa shape index (κ2) is 14.8. The first-order valence-corrected chi connectivity index (χ1v) is 16.5. The third kappa shape index (κ3) is 8.35. The van der Waals surface area contributed by atoms with Gasteiger partial charge in [0.15, 0.2) is 6.29 Å². The summed E-state index contributed by atoms with van der Waals surface area (Å²) in [5, 5.41) is 0. The smallest absolute Gasteiger partial charge is 0.422 e. The standard InChI is InChI=1S/C35H42F8O3/c1-2-3-4-5-21-19-44-33(45-20-21)24-8-6-22(7-9-24)23-10-12-26(13-11-23)35(42,43)46-27-14-15-28(29(36)18-27)25-16-30(37)32(31(38)17-25)34(39,40)41/h14-18,21-24,26,33H,2-13,19-20H2,1H3. The molecule has 5 rings (SSSR count). The lowest BCUT2D eigenvalue weighted by atomic mass is 9.69. The molecule has 256 valence electrons. The van der Waals surface area contributed by atoms with Crippen LogP contribution in [0.4, 0.5) is 35.1 Å². The van der Waals surface area contributed by atoms with E-state index in [1.807, 2.05) is 0 Å². The van der Waals surface area contributed by atoms with Crippen LogP contribution in [0.2, 0.25) is 0 Å². The summed E-state index contributed by atoms with van der Waals surface area (Å²) < 4.78 is 129. The van der Waals surface area contributed by atoms with E-state index in [2.05, 4.69) is 6.92 Å². The van der Waals surface area contributed by atoms with E-state index in [1.54, 1.807) is 0 Å². The quantitative estimate of drug-likeness (QED) is 0.187. The Balaban J connectivity index is 1.09. The summed E-state index contributed by atoms with van der Waals surface area (Å²) in [6, 6.07) is 3.31. The molecule has 0 spiro atoms. The van der Waals surface area contributed by atoms with Gasteiger partial charge in [-0.15, -0.1) is 0 Å². The summed E-state index contributed by atoms with van der Waals surface area (Å²) in [5.41, 5.74) is -3.05. The highest BCUT2D eigenvalue weighted by molar-refractivity contribution is 5.66. The monoisotopic (exact) mass is 662 g/mol. The number of unbranched alkanes of at least 4 members (excludes halogenated alkanes) is 2. The molecule has 2 aromatic rings. The van der Waals surface area contributed by atoms with Crippen molar-refractivity contribution in [3.05, 3.63) is 53.3 Å². The number of alkyl halides is 5. The van der Waals surface area contributed by atoms with Crippen LogP contribution in [0.1, 0.15) is 89.5 Å². The van der Waals surface area contributed by atoms with E-state index < -0.39 is 58.1 Å². The molecule has 0 unspecified atom stereocenters. The van der Waals surface area contributed by atoms with Gasteiger partial charge in [0.1, 0.15) is 28.8 Å². The van der Waals surface area contributed by atoms with Gasteiger partial charge in [0, 0.05) is 23.5 Å². The van der Waals surface area contributed by atoms with E-state index in [1.165, 1.54) is 19.3 Å². The average molecular weight is 663 g/mol. The molecule has 2 aliphatic carbocycles. The summed E-state index contributed by atoms with van der Waals surface area (Å²) in [7, 11) is 0. The maximum absolute atomic E-state index is 15.2. The Morgan fingerprint density at radius 3 is 1.83 bits per heavy atom. The minimum atomic E-state index is -5.27. The molecule has 2 aromatic carbocycles. The molecule has 0 amide bonds. The third-order valence-electron chi connectivity index (χ3n) is 10.2. The predicted octanol–water partition coefficient (Wildman–Crippen LogP) is 10.9. The zero-order chi connectivity index (χ0) is 33.1. The van der Waals surface area contributed by atoms with Gasteiger partial charge in [-0.05, 0) is 99.5 Å². The lowest BCUT2D eigenvalue weighted by Gasteiger charge is -2.41. The number of halogens is 8. The van der Waals surface area contributed by atoms with Gasteiger partial charge in [-0.1, -0.05) is 26.2 Å². The number of benzene rings is 2. The van der Waals surface area contributed by atoms with E-state index in [0.29, 0.717) is 54.7 Å². The first-order chi connectivity index (χ1) is 21.9. The van der Waals surface area contributed by atoms with Crippen LogP contribution < -0.4 is 4.74 Å². The highest BCUT2D eigenvalue weighted by Gasteiger charge is 2.45. The van der Waals surface area contributed by atoms with Crippen LogP contribution in [0.15, 0.2) is 30.3 Å². The second-order valence-electron chi connectivity index (χ2n) is 13.3. The summed E-state index contributed by atoms with van der Waals surface area (Å²) >= 11 is 0. The van der Waals surface area contributed by atoms with Gasteiger partial charge in [-0.25, -0.2) is 13.2 Å². The van der Waals surface area contributed by atoms with Crippen molar-refractivity contribution in [3.63, 3.8) is 0 Å². The maximum Gasteiger partial charge on any atom is 0.422 e. The van der Waals surface area contributed by atoms with E-state index in [9.17, 15) is 26.3 Å². The Morgan fingerprint density at radius 2 is 1.28 bits per heavy atom. The largest absolute Gasteiger partial charge is 0.432 e. The lowest BCUT2D eigenvalue weighted by molar-refractivity contribution is -0.232. The molecule has 0 atom stereocenters. The zero-order valence-electron chi connectivity index (χ0n) is 26.0. The van der Waals surface area contributed by atoms with Crippen LogP contribution in [0.25, 0.3) is 11.1 Å². The highest BCUT2D eigenvalue weighted by Crippen LogP contribution is 2.47. The molecule has 3 fully saturated rings. The van der Waals surface area contributed by atoms with Crippen LogP contribution in [0, 0.1) is 47.0 Å². The van der Waals surface area contributed by atoms with Gasteiger partial charge >= 0.3 is 12.3 Å². The van der Waals surface area contributed by atoms with E-state index in [4.69, 9.17) is 14.2 Å². The molecular formula is C35H42F8O3. The second-order valence-corrected chi connectivity index (χ2v) is 13.3. The van der Waals surface area contributed by atoms with Crippen LogP contribution in [-0.2, 0) is 15.7 Å². The molecule has 0 N–H and O–H groups in total.